The third kappa shape index (κ3) is 5.26. The normalized spacial score (nSPS) is 14.6. The van der Waals surface area contributed by atoms with Crippen LogP contribution in [0.3, 0.4) is 0 Å². The first-order chi connectivity index (χ1) is 13.5. The second-order valence-electron chi connectivity index (χ2n) is 6.61. The fourth-order valence-electron chi connectivity index (χ4n) is 3.09. The van der Waals surface area contributed by atoms with Crippen molar-refractivity contribution in [3.05, 3.63) is 54.0 Å². The Kier molecular flexibility index (Phi) is 6.54. The lowest BCUT2D eigenvalue weighted by Crippen LogP contribution is -2.51. The highest BCUT2D eigenvalue weighted by molar-refractivity contribution is 5.93. The summed E-state index contributed by atoms with van der Waals surface area (Å²) in [7, 11) is 0. The number of aryl methyl sites for hydroxylation is 1. The topological polar surface area (TPSA) is 77.6 Å². The number of hydrogen-bond acceptors (Lipinski definition) is 4. The fourth-order valence-corrected chi connectivity index (χ4v) is 3.09. The van der Waals surface area contributed by atoms with Gasteiger partial charge in [-0.25, -0.2) is 14.2 Å². The van der Waals surface area contributed by atoms with Crippen LogP contribution in [0.25, 0.3) is 0 Å². The fraction of sp³-hybridized carbons (Fsp3) is 0.350. The summed E-state index contributed by atoms with van der Waals surface area (Å²) in [6.07, 6.45) is 1.91. The van der Waals surface area contributed by atoms with Crippen molar-refractivity contribution in [2.45, 2.75) is 13.3 Å². The minimum absolute atomic E-state index is 0.0608. The number of carbonyl (C=O) groups is 2. The lowest BCUT2D eigenvalue weighted by molar-refractivity contribution is -0.117. The van der Waals surface area contributed by atoms with Crippen LogP contribution in [-0.4, -0.2) is 59.4 Å². The number of nitrogens with zero attached hydrogens (tertiary/aromatic N) is 3. The van der Waals surface area contributed by atoms with Crippen LogP contribution >= 0.6 is 0 Å². The van der Waals surface area contributed by atoms with Crippen molar-refractivity contribution in [1.29, 1.82) is 0 Å². The van der Waals surface area contributed by atoms with E-state index in [1.807, 2.05) is 29.2 Å². The van der Waals surface area contributed by atoms with E-state index in [1.54, 1.807) is 4.90 Å². The average Bonchev–Trinajstić information content (AvgIpc) is 2.70. The molecule has 1 aliphatic rings. The number of rotatable bonds is 5. The third-order valence-electron chi connectivity index (χ3n) is 4.66. The Morgan fingerprint density at radius 1 is 1.07 bits per heavy atom. The number of aromatic nitrogens is 1. The van der Waals surface area contributed by atoms with E-state index in [1.165, 1.54) is 12.1 Å². The van der Waals surface area contributed by atoms with Gasteiger partial charge in [-0.3, -0.25) is 15.0 Å². The van der Waals surface area contributed by atoms with Gasteiger partial charge in [-0.1, -0.05) is 25.1 Å². The van der Waals surface area contributed by atoms with Crippen LogP contribution in [0.1, 0.15) is 12.5 Å². The molecule has 1 aromatic carbocycles. The van der Waals surface area contributed by atoms with Gasteiger partial charge in [-0.2, -0.15) is 0 Å². The van der Waals surface area contributed by atoms with Gasteiger partial charge in [-0.05, 0) is 30.2 Å². The summed E-state index contributed by atoms with van der Waals surface area (Å²) in [5, 5.41) is 5.62. The highest BCUT2D eigenvalue weighted by Crippen LogP contribution is 2.15. The van der Waals surface area contributed by atoms with Crippen molar-refractivity contribution < 1.29 is 14.0 Å². The summed E-state index contributed by atoms with van der Waals surface area (Å²) >= 11 is 0. The number of urea groups is 1. The Morgan fingerprint density at radius 3 is 2.50 bits per heavy atom. The molecule has 8 heteroatoms. The van der Waals surface area contributed by atoms with Crippen LogP contribution in [-0.2, 0) is 11.2 Å². The second-order valence-corrected chi connectivity index (χ2v) is 6.61. The predicted molar refractivity (Wildman–Crippen MR) is 106 cm³/mol. The van der Waals surface area contributed by atoms with Crippen molar-refractivity contribution >= 4 is 23.4 Å². The molecule has 0 radical (unpaired) electrons. The number of benzene rings is 1. The maximum atomic E-state index is 12.9. The molecule has 3 rings (SSSR count). The number of para-hydroxylation sites is 1. The zero-order chi connectivity index (χ0) is 19.9. The molecule has 0 saturated carbocycles. The van der Waals surface area contributed by atoms with Gasteiger partial charge in [0.15, 0.2) is 0 Å². The molecule has 0 atom stereocenters. The van der Waals surface area contributed by atoms with Crippen molar-refractivity contribution in [3.8, 4) is 0 Å². The molecule has 28 heavy (non-hydrogen) atoms. The molecule has 2 N–H and O–H groups in total. The summed E-state index contributed by atoms with van der Waals surface area (Å²) in [4.78, 5) is 32.1. The van der Waals surface area contributed by atoms with Gasteiger partial charge in [0.1, 0.15) is 11.6 Å². The SMILES string of the molecule is CCc1ccccc1NC(=O)CN1CCN(C(=O)Nc2ccc(F)cn2)CC1. The molecule has 0 spiro atoms. The van der Waals surface area contributed by atoms with Crippen LogP contribution in [0.2, 0.25) is 0 Å². The number of halogens is 1. The van der Waals surface area contributed by atoms with Crippen molar-refractivity contribution in [2.75, 3.05) is 43.4 Å². The summed E-state index contributed by atoms with van der Waals surface area (Å²) < 4.78 is 12.9. The maximum Gasteiger partial charge on any atom is 0.323 e. The molecule has 1 aromatic heterocycles. The lowest BCUT2D eigenvalue weighted by Gasteiger charge is -2.34. The standard InChI is InChI=1S/C20H24FN5O2/c1-2-15-5-3-4-6-17(15)23-19(27)14-25-9-11-26(12-10-25)20(28)24-18-8-7-16(21)13-22-18/h3-8,13H,2,9-12,14H2,1H3,(H,23,27)(H,22,24,28). The second kappa shape index (κ2) is 9.27. The zero-order valence-electron chi connectivity index (χ0n) is 15.8. The maximum absolute atomic E-state index is 12.9. The Bertz CT molecular complexity index is 820. The molecular weight excluding hydrogens is 361 g/mol. The van der Waals surface area contributed by atoms with E-state index in [0.717, 1.165) is 23.9 Å². The van der Waals surface area contributed by atoms with Crippen LogP contribution in [0.4, 0.5) is 20.7 Å². The minimum Gasteiger partial charge on any atom is -0.325 e. The van der Waals surface area contributed by atoms with Gasteiger partial charge in [0.25, 0.3) is 0 Å². The van der Waals surface area contributed by atoms with E-state index in [4.69, 9.17) is 0 Å². The number of amides is 3. The smallest absolute Gasteiger partial charge is 0.323 e. The van der Waals surface area contributed by atoms with Gasteiger partial charge in [-0.15, -0.1) is 0 Å². The number of carbonyl (C=O) groups excluding carboxylic acids is 2. The largest absolute Gasteiger partial charge is 0.325 e. The van der Waals surface area contributed by atoms with Crippen LogP contribution in [0, 0.1) is 5.82 Å². The number of nitrogens with one attached hydrogen (secondary N) is 2. The molecule has 1 saturated heterocycles. The third-order valence-corrected chi connectivity index (χ3v) is 4.66. The van der Waals surface area contributed by atoms with Crippen LogP contribution < -0.4 is 10.6 Å². The predicted octanol–water partition coefficient (Wildman–Crippen LogP) is 2.57. The van der Waals surface area contributed by atoms with E-state index in [9.17, 15) is 14.0 Å². The first kappa shape index (κ1) is 19.8. The summed E-state index contributed by atoms with van der Waals surface area (Å²) in [6, 6.07) is 10.2. The Hall–Kier alpha value is -3.00. The minimum atomic E-state index is -0.452. The van der Waals surface area contributed by atoms with E-state index in [0.29, 0.717) is 32.0 Å². The van der Waals surface area contributed by atoms with E-state index in [-0.39, 0.29) is 18.5 Å². The molecule has 3 amide bonds. The molecule has 1 aliphatic heterocycles. The molecule has 2 aromatic rings. The molecule has 0 bridgehead atoms. The number of anilines is 2. The average molecular weight is 385 g/mol. The molecule has 0 unspecified atom stereocenters. The highest BCUT2D eigenvalue weighted by Gasteiger charge is 2.23. The zero-order valence-corrected chi connectivity index (χ0v) is 15.8. The van der Waals surface area contributed by atoms with E-state index in [2.05, 4.69) is 22.5 Å². The van der Waals surface area contributed by atoms with Crippen molar-refractivity contribution in [2.24, 2.45) is 0 Å². The quantitative estimate of drug-likeness (QED) is 0.829. The van der Waals surface area contributed by atoms with Crippen LogP contribution in [0.5, 0.6) is 0 Å². The van der Waals surface area contributed by atoms with E-state index < -0.39 is 5.82 Å². The molecule has 7 nitrogen and oxygen atoms in total. The first-order valence-corrected chi connectivity index (χ1v) is 9.32. The summed E-state index contributed by atoms with van der Waals surface area (Å²) in [6.45, 7) is 4.56. The number of pyridine rings is 1. The molecular formula is C20H24FN5O2. The monoisotopic (exact) mass is 385 g/mol. The van der Waals surface area contributed by atoms with Gasteiger partial charge < -0.3 is 10.2 Å². The number of hydrogen-bond donors (Lipinski definition) is 2. The lowest BCUT2D eigenvalue weighted by atomic mass is 10.1. The molecule has 2 heterocycles. The molecule has 148 valence electrons. The Labute approximate surface area is 163 Å². The van der Waals surface area contributed by atoms with Crippen molar-refractivity contribution in [3.63, 3.8) is 0 Å². The Morgan fingerprint density at radius 2 is 1.82 bits per heavy atom. The summed E-state index contributed by atoms with van der Waals surface area (Å²) in [5.74, 6) is -0.205. The summed E-state index contributed by atoms with van der Waals surface area (Å²) in [5.41, 5.74) is 1.95. The molecule has 1 fully saturated rings. The first-order valence-electron chi connectivity index (χ1n) is 9.32. The Balaban J connectivity index is 1.45. The van der Waals surface area contributed by atoms with Gasteiger partial charge >= 0.3 is 6.03 Å². The van der Waals surface area contributed by atoms with Gasteiger partial charge in [0.2, 0.25) is 5.91 Å². The number of piperazine rings is 1. The van der Waals surface area contributed by atoms with E-state index >= 15 is 0 Å². The van der Waals surface area contributed by atoms with Crippen LogP contribution in [0.15, 0.2) is 42.6 Å². The van der Waals surface area contributed by atoms with Crippen molar-refractivity contribution in [1.82, 2.24) is 14.8 Å². The highest BCUT2D eigenvalue weighted by atomic mass is 19.1. The van der Waals surface area contributed by atoms with Gasteiger partial charge in [0, 0.05) is 31.9 Å². The molecule has 0 aliphatic carbocycles. The van der Waals surface area contributed by atoms with Gasteiger partial charge in [0.05, 0.1) is 12.7 Å².